The van der Waals surface area contributed by atoms with Gasteiger partial charge in [0.15, 0.2) is 0 Å². The number of hydrogen-bond acceptors (Lipinski definition) is 5. The number of halogens is 1. The minimum atomic E-state index is -0.400. The number of nitrogens with zero attached hydrogens (tertiary/aromatic N) is 6. The highest BCUT2D eigenvalue weighted by Crippen LogP contribution is 2.23. The third-order valence-corrected chi connectivity index (χ3v) is 6.37. The van der Waals surface area contributed by atoms with E-state index in [4.69, 9.17) is 0 Å². The molecule has 35 heavy (non-hydrogen) atoms. The van der Waals surface area contributed by atoms with Crippen LogP contribution in [0, 0.1) is 5.82 Å². The quantitative estimate of drug-likeness (QED) is 0.444. The van der Waals surface area contributed by atoms with Crippen LogP contribution >= 0.6 is 0 Å². The second kappa shape index (κ2) is 9.32. The highest BCUT2D eigenvalue weighted by atomic mass is 19.1. The van der Waals surface area contributed by atoms with Gasteiger partial charge in [-0.3, -0.25) is 9.59 Å². The Morgan fingerprint density at radius 1 is 0.971 bits per heavy atom. The van der Waals surface area contributed by atoms with Gasteiger partial charge in [-0.15, -0.1) is 0 Å². The number of amides is 1. The zero-order chi connectivity index (χ0) is 24.5. The van der Waals surface area contributed by atoms with Gasteiger partial charge in [-0.2, -0.15) is 10.2 Å². The fraction of sp³-hybridized carbons (Fsp3) is 0.308. The van der Waals surface area contributed by atoms with Gasteiger partial charge in [0.1, 0.15) is 17.9 Å². The van der Waals surface area contributed by atoms with Crippen LogP contribution in [0.15, 0.2) is 65.6 Å². The second-order valence-electron chi connectivity index (χ2n) is 9.00. The Morgan fingerprint density at radius 2 is 1.66 bits per heavy atom. The normalized spacial score (nSPS) is 14.2. The van der Waals surface area contributed by atoms with Crippen molar-refractivity contribution in [1.29, 1.82) is 0 Å². The minimum Gasteiger partial charge on any atom is -0.368 e. The highest BCUT2D eigenvalue weighted by molar-refractivity contribution is 5.82. The van der Waals surface area contributed by atoms with Crippen molar-refractivity contribution in [2.24, 2.45) is 0 Å². The molecule has 180 valence electrons. The van der Waals surface area contributed by atoms with Crippen LogP contribution in [0.4, 0.5) is 10.1 Å². The number of para-hydroxylation sites is 1. The number of benzene rings is 2. The van der Waals surface area contributed by atoms with E-state index in [-0.39, 0.29) is 24.2 Å². The van der Waals surface area contributed by atoms with Crippen molar-refractivity contribution < 1.29 is 9.18 Å². The molecule has 1 amide bonds. The summed E-state index contributed by atoms with van der Waals surface area (Å²) in [5.41, 5.74) is 2.32. The van der Waals surface area contributed by atoms with Crippen LogP contribution in [-0.2, 0) is 11.3 Å². The van der Waals surface area contributed by atoms with E-state index < -0.39 is 5.56 Å². The number of aromatic nitrogens is 4. The van der Waals surface area contributed by atoms with E-state index in [2.05, 4.69) is 27.2 Å². The molecule has 0 aliphatic carbocycles. The van der Waals surface area contributed by atoms with Crippen LogP contribution in [0.3, 0.4) is 0 Å². The predicted molar refractivity (Wildman–Crippen MR) is 132 cm³/mol. The summed E-state index contributed by atoms with van der Waals surface area (Å²) < 4.78 is 16.2. The first-order valence-corrected chi connectivity index (χ1v) is 11.7. The van der Waals surface area contributed by atoms with Gasteiger partial charge < -0.3 is 9.80 Å². The van der Waals surface area contributed by atoms with E-state index in [9.17, 15) is 14.0 Å². The average Bonchev–Trinajstić information content (AvgIpc) is 3.32. The fourth-order valence-electron chi connectivity index (χ4n) is 4.49. The topological polar surface area (TPSA) is 76.3 Å². The van der Waals surface area contributed by atoms with Crippen molar-refractivity contribution in [3.05, 3.63) is 82.7 Å². The van der Waals surface area contributed by atoms with Crippen molar-refractivity contribution in [3.63, 3.8) is 0 Å². The molecule has 0 spiro atoms. The lowest BCUT2D eigenvalue weighted by Gasteiger charge is -2.36. The van der Waals surface area contributed by atoms with Crippen LogP contribution < -0.4 is 10.5 Å². The molecule has 1 aliphatic heterocycles. The number of hydrogen-bond donors (Lipinski definition) is 0. The van der Waals surface area contributed by atoms with E-state index in [1.807, 2.05) is 32.0 Å². The first kappa shape index (κ1) is 22.8. The van der Waals surface area contributed by atoms with Gasteiger partial charge in [0.2, 0.25) is 5.91 Å². The molecule has 5 rings (SSSR count). The minimum absolute atomic E-state index is 0.0136. The number of fused-ring (bicyclic) bond motifs is 1. The van der Waals surface area contributed by atoms with E-state index in [1.54, 1.807) is 23.2 Å². The Balaban J connectivity index is 1.42. The third-order valence-electron chi connectivity index (χ3n) is 6.37. The SMILES string of the molecule is CC(C)c1nn(CC(=O)N2CCN(c3ccccc3)CC2)c(=O)c2c1cnn2-c1ccc(F)cc1. The maximum absolute atomic E-state index is 13.5. The molecule has 2 aromatic heterocycles. The average molecular weight is 475 g/mol. The number of carbonyl (C=O) groups is 1. The Hall–Kier alpha value is -4.01. The molecule has 3 heterocycles. The van der Waals surface area contributed by atoms with Crippen LogP contribution in [0.1, 0.15) is 25.5 Å². The molecule has 1 saturated heterocycles. The maximum Gasteiger partial charge on any atom is 0.293 e. The number of anilines is 1. The number of carbonyl (C=O) groups excluding carboxylic acids is 1. The molecule has 0 radical (unpaired) electrons. The van der Waals surface area contributed by atoms with Crippen molar-refractivity contribution in [3.8, 4) is 5.69 Å². The molecule has 0 atom stereocenters. The van der Waals surface area contributed by atoms with Crippen LogP contribution in [0.25, 0.3) is 16.6 Å². The van der Waals surface area contributed by atoms with Crippen LogP contribution in [-0.4, -0.2) is 56.5 Å². The summed E-state index contributed by atoms with van der Waals surface area (Å²) in [6.45, 7) is 6.43. The molecule has 2 aromatic carbocycles. The third kappa shape index (κ3) is 4.41. The van der Waals surface area contributed by atoms with Gasteiger partial charge in [0.05, 0.1) is 17.6 Å². The summed E-state index contributed by atoms with van der Waals surface area (Å²) in [5.74, 6) is -0.501. The van der Waals surface area contributed by atoms with E-state index in [0.717, 1.165) is 18.8 Å². The summed E-state index contributed by atoms with van der Waals surface area (Å²) in [6, 6.07) is 15.9. The predicted octanol–water partition coefficient (Wildman–Crippen LogP) is 3.19. The maximum atomic E-state index is 13.5. The van der Waals surface area contributed by atoms with Gasteiger partial charge in [0, 0.05) is 37.3 Å². The molecule has 0 saturated carbocycles. The van der Waals surface area contributed by atoms with Gasteiger partial charge in [-0.1, -0.05) is 32.0 Å². The first-order chi connectivity index (χ1) is 16.9. The standard InChI is InChI=1S/C26H27FN6O2/c1-18(2)24-22-16-28-33(21-10-8-19(27)9-11-21)25(22)26(35)32(29-24)17-23(34)31-14-12-30(13-15-31)20-6-4-3-5-7-20/h3-11,16,18H,12-15,17H2,1-2H3. The monoisotopic (exact) mass is 474 g/mol. The zero-order valence-electron chi connectivity index (χ0n) is 19.8. The summed E-state index contributed by atoms with van der Waals surface area (Å²) in [4.78, 5) is 30.7. The lowest BCUT2D eigenvalue weighted by molar-refractivity contribution is -0.132. The first-order valence-electron chi connectivity index (χ1n) is 11.7. The summed E-state index contributed by atoms with van der Waals surface area (Å²) in [6.07, 6.45) is 1.61. The van der Waals surface area contributed by atoms with Crippen LogP contribution in [0.2, 0.25) is 0 Å². The highest BCUT2D eigenvalue weighted by Gasteiger charge is 2.24. The largest absolute Gasteiger partial charge is 0.368 e. The fourth-order valence-corrected chi connectivity index (χ4v) is 4.49. The molecule has 8 nitrogen and oxygen atoms in total. The van der Waals surface area contributed by atoms with Gasteiger partial charge >= 0.3 is 0 Å². The zero-order valence-corrected chi connectivity index (χ0v) is 19.8. The van der Waals surface area contributed by atoms with E-state index in [0.29, 0.717) is 35.4 Å². The molecule has 0 N–H and O–H groups in total. The summed E-state index contributed by atoms with van der Waals surface area (Å²) >= 11 is 0. The molecule has 0 unspecified atom stereocenters. The van der Waals surface area contributed by atoms with Crippen molar-refractivity contribution in [2.45, 2.75) is 26.3 Å². The Kier molecular flexibility index (Phi) is 6.07. The van der Waals surface area contributed by atoms with Crippen molar-refractivity contribution >= 4 is 22.5 Å². The Morgan fingerprint density at radius 3 is 2.31 bits per heavy atom. The number of piperazine rings is 1. The summed E-state index contributed by atoms with van der Waals surface area (Å²) in [5, 5.41) is 9.57. The smallest absolute Gasteiger partial charge is 0.293 e. The molecule has 1 aliphatic rings. The van der Waals surface area contributed by atoms with E-state index >= 15 is 0 Å². The molecule has 0 bridgehead atoms. The van der Waals surface area contributed by atoms with Crippen LogP contribution in [0.5, 0.6) is 0 Å². The molecule has 1 fully saturated rings. The molecule has 9 heteroatoms. The van der Waals surface area contributed by atoms with Crippen molar-refractivity contribution in [1.82, 2.24) is 24.5 Å². The molecular formula is C26H27FN6O2. The van der Waals surface area contributed by atoms with Gasteiger partial charge in [0.25, 0.3) is 5.56 Å². The molecule has 4 aromatic rings. The summed E-state index contributed by atoms with van der Waals surface area (Å²) in [7, 11) is 0. The van der Waals surface area contributed by atoms with Gasteiger partial charge in [-0.05, 0) is 42.3 Å². The van der Waals surface area contributed by atoms with Crippen molar-refractivity contribution in [2.75, 3.05) is 31.1 Å². The molecular weight excluding hydrogens is 447 g/mol. The Bertz CT molecular complexity index is 1400. The second-order valence-corrected chi connectivity index (χ2v) is 9.00. The lowest BCUT2D eigenvalue weighted by atomic mass is 10.1. The van der Waals surface area contributed by atoms with E-state index in [1.165, 1.54) is 21.5 Å². The number of rotatable bonds is 5. The van der Waals surface area contributed by atoms with Gasteiger partial charge in [-0.25, -0.2) is 13.8 Å². The lowest BCUT2D eigenvalue weighted by Crippen LogP contribution is -2.50. The Labute approximate surface area is 202 Å².